The van der Waals surface area contributed by atoms with Crippen LogP contribution in [-0.2, 0) is 16.1 Å². The van der Waals surface area contributed by atoms with Gasteiger partial charge < -0.3 is 14.9 Å². The average Bonchev–Trinajstić information content (AvgIpc) is 3.26. The van der Waals surface area contributed by atoms with Gasteiger partial charge in [-0.2, -0.15) is 0 Å². The van der Waals surface area contributed by atoms with Gasteiger partial charge in [-0.1, -0.05) is 48.9 Å². The summed E-state index contributed by atoms with van der Waals surface area (Å²) in [6.45, 7) is 4.73. The van der Waals surface area contributed by atoms with Crippen molar-refractivity contribution in [3.63, 3.8) is 0 Å². The highest BCUT2D eigenvalue weighted by molar-refractivity contribution is 7.17. The van der Waals surface area contributed by atoms with Gasteiger partial charge in [0.2, 0.25) is 5.91 Å². The van der Waals surface area contributed by atoms with Gasteiger partial charge in [-0.3, -0.25) is 14.4 Å². The van der Waals surface area contributed by atoms with E-state index in [4.69, 9.17) is 11.6 Å². The highest BCUT2D eigenvalue weighted by Crippen LogP contribution is 2.37. The molecule has 6 nitrogen and oxygen atoms in total. The number of fused-ring (bicyclic) bond motifs is 1. The van der Waals surface area contributed by atoms with E-state index in [1.807, 2.05) is 55.6 Å². The molecule has 0 saturated carbocycles. The van der Waals surface area contributed by atoms with Gasteiger partial charge in [-0.25, -0.2) is 0 Å². The summed E-state index contributed by atoms with van der Waals surface area (Å²) in [5.74, 6) is -1.71. The Morgan fingerprint density at radius 1 is 1.20 bits per heavy atom. The van der Waals surface area contributed by atoms with Crippen LogP contribution < -0.4 is 0 Å². The van der Waals surface area contributed by atoms with Gasteiger partial charge in [-0.15, -0.1) is 11.3 Å². The number of carbonyl (C=O) groups excluding carboxylic acids is 2. The van der Waals surface area contributed by atoms with Gasteiger partial charge in [-0.05, 0) is 49.9 Å². The summed E-state index contributed by atoms with van der Waals surface area (Å²) < 4.78 is 1.03. The van der Waals surface area contributed by atoms with Gasteiger partial charge >= 0.3 is 5.97 Å². The molecule has 35 heavy (non-hydrogen) atoms. The lowest BCUT2D eigenvalue weighted by Crippen LogP contribution is -2.67. The number of hydrogen-bond acceptors (Lipinski definition) is 4. The molecule has 1 aromatic heterocycles. The maximum absolute atomic E-state index is 13.9. The summed E-state index contributed by atoms with van der Waals surface area (Å²) >= 11 is 7.68. The van der Waals surface area contributed by atoms with Gasteiger partial charge in [0.05, 0.1) is 11.5 Å². The number of aliphatic carboxylic acids is 1. The Hall–Kier alpha value is -2.90. The molecule has 2 atom stereocenters. The van der Waals surface area contributed by atoms with Crippen LogP contribution in [0.3, 0.4) is 0 Å². The van der Waals surface area contributed by atoms with E-state index in [9.17, 15) is 19.5 Å². The van der Waals surface area contributed by atoms with Crippen molar-refractivity contribution in [3.8, 4) is 0 Å². The van der Waals surface area contributed by atoms with E-state index in [0.29, 0.717) is 42.9 Å². The van der Waals surface area contributed by atoms with Gasteiger partial charge in [0.25, 0.3) is 5.91 Å². The van der Waals surface area contributed by atoms with E-state index in [1.165, 1.54) is 11.3 Å². The highest BCUT2D eigenvalue weighted by atomic mass is 35.5. The smallest absolute Gasteiger partial charge is 0.306 e. The molecule has 1 aliphatic rings. The van der Waals surface area contributed by atoms with Crippen LogP contribution in [0.25, 0.3) is 10.1 Å². The van der Waals surface area contributed by atoms with E-state index in [1.54, 1.807) is 21.9 Å². The zero-order valence-corrected chi connectivity index (χ0v) is 21.4. The van der Waals surface area contributed by atoms with Crippen LogP contribution >= 0.6 is 22.9 Å². The summed E-state index contributed by atoms with van der Waals surface area (Å²) in [5.41, 5.74) is 0.491. The molecule has 184 valence electrons. The van der Waals surface area contributed by atoms with Gasteiger partial charge in [0.15, 0.2) is 0 Å². The molecular formula is C27H29ClN2O4S. The lowest BCUT2D eigenvalue weighted by Gasteiger charge is -2.51. The minimum atomic E-state index is -0.983. The van der Waals surface area contributed by atoms with E-state index in [2.05, 4.69) is 0 Å². The summed E-state index contributed by atoms with van der Waals surface area (Å²) in [7, 11) is 0. The molecule has 1 saturated heterocycles. The topological polar surface area (TPSA) is 77.9 Å². The third-order valence-electron chi connectivity index (χ3n) is 6.97. The lowest BCUT2D eigenvalue weighted by molar-refractivity contribution is -0.151. The highest BCUT2D eigenvalue weighted by Gasteiger charge is 2.51. The molecule has 2 aromatic carbocycles. The molecule has 0 spiro atoms. The van der Waals surface area contributed by atoms with Crippen molar-refractivity contribution in [1.29, 1.82) is 0 Å². The molecule has 1 N–H and O–H groups in total. The van der Waals surface area contributed by atoms with Crippen LogP contribution in [-0.4, -0.2) is 51.3 Å². The first-order valence-corrected chi connectivity index (χ1v) is 13.0. The number of likely N-dealkylation sites (tertiary alicyclic amines) is 1. The Morgan fingerprint density at radius 3 is 2.63 bits per heavy atom. The van der Waals surface area contributed by atoms with Gasteiger partial charge in [0, 0.05) is 40.1 Å². The number of benzene rings is 2. The zero-order valence-electron chi connectivity index (χ0n) is 19.9. The van der Waals surface area contributed by atoms with Crippen LogP contribution in [0.1, 0.15) is 49.0 Å². The maximum Gasteiger partial charge on any atom is 0.306 e. The van der Waals surface area contributed by atoms with E-state index in [0.717, 1.165) is 15.6 Å². The van der Waals surface area contributed by atoms with Crippen molar-refractivity contribution in [2.75, 3.05) is 13.1 Å². The fourth-order valence-electron chi connectivity index (χ4n) is 4.66. The molecule has 8 heteroatoms. The first-order valence-electron chi connectivity index (χ1n) is 11.8. The number of thiophene rings is 1. The van der Waals surface area contributed by atoms with Crippen LogP contribution in [0.5, 0.6) is 0 Å². The molecule has 1 fully saturated rings. The number of carboxylic acids is 1. The van der Waals surface area contributed by atoms with Crippen molar-refractivity contribution in [2.45, 2.75) is 45.2 Å². The minimum Gasteiger partial charge on any atom is -0.481 e. The van der Waals surface area contributed by atoms with Crippen molar-refractivity contribution < 1.29 is 19.5 Å². The molecule has 0 aliphatic carbocycles. The summed E-state index contributed by atoms with van der Waals surface area (Å²) in [4.78, 5) is 42.4. The van der Waals surface area contributed by atoms with Crippen LogP contribution in [0.2, 0.25) is 5.02 Å². The molecule has 2 heterocycles. The lowest BCUT2D eigenvalue weighted by atomic mass is 9.83. The first kappa shape index (κ1) is 25.2. The molecule has 2 unspecified atom stereocenters. The third kappa shape index (κ3) is 5.07. The molecule has 2 amide bonds. The van der Waals surface area contributed by atoms with E-state index in [-0.39, 0.29) is 18.4 Å². The predicted octanol–water partition coefficient (Wildman–Crippen LogP) is 5.69. The molecule has 0 bridgehead atoms. The second-order valence-corrected chi connectivity index (χ2v) is 10.6. The minimum absolute atomic E-state index is 0.149. The quantitative estimate of drug-likeness (QED) is 0.399. The molecule has 3 aromatic rings. The molecular weight excluding hydrogens is 484 g/mol. The fraction of sp³-hybridized carbons (Fsp3) is 0.370. The molecule has 0 radical (unpaired) electrons. The Morgan fingerprint density at radius 2 is 1.97 bits per heavy atom. The van der Waals surface area contributed by atoms with Crippen molar-refractivity contribution in [2.24, 2.45) is 5.92 Å². The number of amides is 2. The summed E-state index contributed by atoms with van der Waals surface area (Å²) in [5, 5.41) is 12.8. The number of carbonyl (C=O) groups is 3. The third-order valence-corrected chi connectivity index (χ3v) is 8.17. The largest absolute Gasteiger partial charge is 0.481 e. The Labute approximate surface area is 214 Å². The van der Waals surface area contributed by atoms with Gasteiger partial charge in [0.1, 0.15) is 5.54 Å². The Kier molecular flexibility index (Phi) is 7.47. The number of rotatable bonds is 9. The number of nitrogens with zero attached hydrogens (tertiary/aromatic N) is 2. The van der Waals surface area contributed by atoms with Crippen molar-refractivity contribution in [3.05, 3.63) is 70.1 Å². The number of hydrogen-bond donors (Lipinski definition) is 1. The maximum atomic E-state index is 13.9. The number of halogens is 1. The monoisotopic (exact) mass is 512 g/mol. The first-order chi connectivity index (χ1) is 16.7. The van der Waals surface area contributed by atoms with E-state index < -0.39 is 17.4 Å². The van der Waals surface area contributed by atoms with Crippen LogP contribution in [0.15, 0.2) is 53.9 Å². The fourth-order valence-corrected chi connectivity index (χ4v) is 5.81. The molecule has 1 aliphatic heterocycles. The Balaban J connectivity index is 1.58. The van der Waals surface area contributed by atoms with Crippen LogP contribution in [0, 0.1) is 5.92 Å². The Bertz CT molecular complexity index is 1260. The van der Waals surface area contributed by atoms with Crippen LogP contribution in [0.4, 0.5) is 0 Å². The average molecular weight is 513 g/mol. The SMILES string of the molecule is CCC(CCN(Cc1cccc(Cl)c1)C(=O)C1(C)CCN1C(=O)c1csc2ccccc12)C(=O)O. The predicted molar refractivity (Wildman–Crippen MR) is 139 cm³/mol. The van der Waals surface area contributed by atoms with E-state index >= 15 is 0 Å². The zero-order chi connectivity index (χ0) is 25.2. The standard InChI is InChI=1S/C27H29ClN2O4S/c1-3-19(25(32)33)11-13-29(16-18-7-6-8-20(28)15-18)26(34)27(2)12-14-30(27)24(31)22-17-35-23-10-5-4-9-21(22)23/h4-10,15,17,19H,3,11-14,16H2,1-2H3,(H,32,33). The molecule has 4 rings (SSSR count). The van der Waals surface area contributed by atoms with Crippen molar-refractivity contribution in [1.82, 2.24) is 9.80 Å². The number of carboxylic acid groups (broad SMARTS) is 1. The second kappa shape index (κ2) is 10.4. The summed E-state index contributed by atoms with van der Waals surface area (Å²) in [6.07, 6.45) is 1.39. The normalized spacial score (nSPS) is 18.2. The van der Waals surface area contributed by atoms with Crippen molar-refractivity contribution >= 4 is 50.8 Å². The second-order valence-electron chi connectivity index (χ2n) is 9.21. The summed E-state index contributed by atoms with van der Waals surface area (Å²) in [6, 6.07) is 15.1.